The number of nitrogens with one attached hydrogen (secondary N) is 2. The summed E-state index contributed by atoms with van der Waals surface area (Å²) < 4.78 is 12.0. The number of amides is 1. The lowest BCUT2D eigenvalue weighted by molar-refractivity contribution is -0.122. The average Bonchev–Trinajstić information content (AvgIpc) is 2.86. The maximum atomic E-state index is 12.1. The molecule has 0 radical (unpaired) electrons. The Balaban J connectivity index is 2.54. The predicted octanol–water partition coefficient (Wildman–Crippen LogP) is 0.922. The van der Waals surface area contributed by atoms with Gasteiger partial charge in [0.15, 0.2) is 11.5 Å². The van der Waals surface area contributed by atoms with E-state index in [0.29, 0.717) is 68.8 Å². The molecular weight excluding hydrogens is 484 g/mol. The Morgan fingerprint density at radius 1 is 0.857 bits per heavy atom. The van der Waals surface area contributed by atoms with Gasteiger partial charge in [-0.2, -0.15) is 25.3 Å². The molecule has 202 valence electrons. The Hall–Kier alpha value is -1.21. The molecule has 0 aliphatic rings. The van der Waals surface area contributed by atoms with E-state index in [0.717, 1.165) is 49.8 Å². The van der Waals surface area contributed by atoms with E-state index in [-0.39, 0.29) is 11.9 Å². The number of carbonyl (C=O) groups is 1. The molecule has 0 aliphatic heterocycles. The summed E-state index contributed by atoms with van der Waals surface area (Å²) in [5.41, 5.74) is 25.1. The fourth-order valence-electron chi connectivity index (χ4n) is 3.44. The fraction of sp³-hybridized carbons (Fsp3) is 0.708. The van der Waals surface area contributed by atoms with Crippen LogP contribution < -0.4 is 43.0 Å². The molecule has 1 aromatic carbocycles. The molecule has 1 rings (SSSR count). The first-order chi connectivity index (χ1) is 17.0. The molecule has 1 aromatic rings. The van der Waals surface area contributed by atoms with Crippen LogP contribution in [0.15, 0.2) is 12.1 Å². The maximum Gasteiger partial charge on any atom is 0.237 e. The molecule has 10 N–H and O–H groups in total. The lowest BCUT2D eigenvalue weighted by Gasteiger charge is -2.18. The van der Waals surface area contributed by atoms with Crippen molar-refractivity contribution >= 4 is 31.2 Å². The second-order valence-corrected chi connectivity index (χ2v) is 9.14. The Kier molecular flexibility index (Phi) is 18.1. The van der Waals surface area contributed by atoms with Gasteiger partial charge in [-0.25, -0.2) is 0 Å². The van der Waals surface area contributed by atoms with Crippen LogP contribution in [0.1, 0.15) is 49.7 Å². The molecule has 9 nitrogen and oxygen atoms in total. The zero-order valence-corrected chi connectivity index (χ0v) is 22.6. The smallest absolute Gasteiger partial charge is 0.237 e. The number of rotatable bonds is 21. The summed E-state index contributed by atoms with van der Waals surface area (Å²) >= 11 is 8.84. The van der Waals surface area contributed by atoms with Gasteiger partial charge >= 0.3 is 0 Å². The third kappa shape index (κ3) is 13.6. The van der Waals surface area contributed by atoms with Crippen molar-refractivity contribution in [3.8, 4) is 11.5 Å². The van der Waals surface area contributed by atoms with Crippen LogP contribution in [0, 0.1) is 0 Å². The first-order valence-corrected chi connectivity index (χ1v) is 13.8. The number of hydrogen-bond donors (Lipinski definition) is 8. The summed E-state index contributed by atoms with van der Waals surface area (Å²) in [5.74, 6) is 2.19. The van der Waals surface area contributed by atoms with Crippen LogP contribution in [0.4, 0.5) is 0 Å². The zero-order valence-electron chi connectivity index (χ0n) is 20.8. The summed E-state index contributed by atoms with van der Waals surface area (Å²) in [6.07, 6.45) is 5.31. The van der Waals surface area contributed by atoms with Crippen molar-refractivity contribution in [3.63, 3.8) is 0 Å². The monoisotopic (exact) mass is 530 g/mol. The summed E-state index contributed by atoms with van der Waals surface area (Å²) in [5, 5.41) is 6.15. The minimum Gasteiger partial charge on any atom is -0.488 e. The SMILES string of the molecule is NCCCC[C@H](N)CNCCOc1cc(CS)c(CS)cc1OCCNC(=O)[C@@H](N)CCCCN. The fourth-order valence-corrected chi connectivity index (χ4v) is 4.03. The van der Waals surface area contributed by atoms with E-state index in [2.05, 4.69) is 35.9 Å². The molecule has 1 amide bonds. The second kappa shape index (κ2) is 19.9. The topological polar surface area (TPSA) is 164 Å². The molecular formula is C24H46N6O3S2. The van der Waals surface area contributed by atoms with E-state index in [1.54, 1.807) is 0 Å². The van der Waals surface area contributed by atoms with Crippen LogP contribution in [0.5, 0.6) is 11.5 Å². The van der Waals surface area contributed by atoms with E-state index in [1.165, 1.54) is 0 Å². The highest BCUT2D eigenvalue weighted by Crippen LogP contribution is 2.32. The molecule has 0 bridgehead atoms. The second-order valence-electron chi connectivity index (χ2n) is 8.51. The van der Waals surface area contributed by atoms with E-state index < -0.39 is 6.04 Å². The molecule has 2 atom stereocenters. The average molecular weight is 531 g/mol. The van der Waals surface area contributed by atoms with Gasteiger partial charge in [0.05, 0.1) is 12.6 Å². The molecule has 0 saturated heterocycles. The van der Waals surface area contributed by atoms with Crippen molar-refractivity contribution < 1.29 is 14.3 Å². The number of ether oxygens (including phenoxy) is 2. The van der Waals surface area contributed by atoms with Gasteiger partial charge in [-0.3, -0.25) is 4.79 Å². The first kappa shape index (κ1) is 31.8. The van der Waals surface area contributed by atoms with Crippen molar-refractivity contribution in [1.29, 1.82) is 0 Å². The molecule has 0 heterocycles. The van der Waals surface area contributed by atoms with Crippen molar-refractivity contribution in [3.05, 3.63) is 23.3 Å². The number of thiol groups is 2. The van der Waals surface area contributed by atoms with E-state index in [4.69, 9.17) is 32.4 Å². The van der Waals surface area contributed by atoms with Crippen LogP contribution in [0.25, 0.3) is 0 Å². The molecule has 0 spiro atoms. The highest BCUT2D eigenvalue weighted by Gasteiger charge is 2.14. The van der Waals surface area contributed by atoms with E-state index >= 15 is 0 Å². The van der Waals surface area contributed by atoms with Crippen LogP contribution in [-0.2, 0) is 16.3 Å². The molecule has 0 saturated carbocycles. The quantitative estimate of drug-likeness (QED) is 0.0859. The van der Waals surface area contributed by atoms with Gasteiger partial charge in [-0.05, 0) is 62.0 Å². The zero-order chi connectivity index (χ0) is 25.9. The van der Waals surface area contributed by atoms with Crippen LogP contribution >= 0.6 is 25.3 Å². The molecule has 0 aromatic heterocycles. The summed E-state index contributed by atoms with van der Waals surface area (Å²) in [7, 11) is 0. The highest BCUT2D eigenvalue weighted by atomic mass is 32.1. The van der Waals surface area contributed by atoms with Gasteiger partial charge in [0.25, 0.3) is 0 Å². The van der Waals surface area contributed by atoms with Gasteiger partial charge in [0.2, 0.25) is 5.91 Å². The van der Waals surface area contributed by atoms with Gasteiger partial charge in [-0.1, -0.05) is 12.8 Å². The maximum absolute atomic E-state index is 12.1. The molecule has 0 aliphatic carbocycles. The molecule has 0 fully saturated rings. The molecule has 0 unspecified atom stereocenters. The number of hydrogen-bond acceptors (Lipinski definition) is 10. The number of unbranched alkanes of at least 4 members (excludes halogenated alkanes) is 2. The minimum atomic E-state index is -0.535. The predicted molar refractivity (Wildman–Crippen MR) is 150 cm³/mol. The summed E-state index contributed by atoms with van der Waals surface area (Å²) in [4.78, 5) is 12.1. The highest BCUT2D eigenvalue weighted by molar-refractivity contribution is 7.79. The van der Waals surface area contributed by atoms with Gasteiger partial charge in [-0.15, -0.1) is 0 Å². The van der Waals surface area contributed by atoms with Crippen LogP contribution in [0.3, 0.4) is 0 Å². The third-order valence-corrected chi connectivity index (χ3v) is 6.22. The number of nitrogens with two attached hydrogens (primary N) is 4. The minimum absolute atomic E-state index is 0.106. The Labute approximate surface area is 221 Å². The van der Waals surface area contributed by atoms with Crippen molar-refractivity contribution in [1.82, 2.24) is 10.6 Å². The van der Waals surface area contributed by atoms with E-state index in [1.807, 2.05) is 12.1 Å². The van der Waals surface area contributed by atoms with Crippen LogP contribution in [0.2, 0.25) is 0 Å². The lowest BCUT2D eigenvalue weighted by Crippen LogP contribution is -2.42. The molecule has 11 heteroatoms. The first-order valence-electron chi connectivity index (χ1n) is 12.5. The number of benzene rings is 1. The van der Waals surface area contributed by atoms with Gasteiger partial charge in [0.1, 0.15) is 13.2 Å². The van der Waals surface area contributed by atoms with Crippen molar-refractivity contribution in [2.45, 2.75) is 62.1 Å². The Morgan fingerprint density at radius 3 is 1.94 bits per heavy atom. The summed E-state index contributed by atoms with van der Waals surface area (Å²) in [6.45, 7) is 3.79. The Bertz CT molecular complexity index is 714. The number of carbonyl (C=O) groups excluding carboxylic acids is 1. The standard InChI is InChI=1S/C24H46N6O3S2/c25-7-3-1-5-20(27)15-29-9-11-32-22-13-18(16-34)19(17-35)14-23(22)33-12-10-30-24(31)21(28)6-2-4-8-26/h13-14,20-21,29,34-35H,1-12,15-17,25-28H2,(H,30,31)/t20-,21-/m0/s1. The Morgan fingerprint density at radius 2 is 1.40 bits per heavy atom. The van der Waals surface area contributed by atoms with E-state index in [9.17, 15) is 4.79 Å². The summed E-state index contributed by atoms with van der Waals surface area (Å²) in [6, 6.07) is 3.44. The van der Waals surface area contributed by atoms with Crippen molar-refractivity contribution in [2.75, 3.05) is 45.9 Å². The van der Waals surface area contributed by atoms with Gasteiger partial charge in [0, 0.05) is 30.6 Å². The lowest BCUT2D eigenvalue weighted by atomic mass is 10.1. The molecule has 35 heavy (non-hydrogen) atoms. The van der Waals surface area contributed by atoms with Crippen molar-refractivity contribution in [2.24, 2.45) is 22.9 Å². The van der Waals surface area contributed by atoms with Crippen LogP contribution in [-0.4, -0.2) is 63.9 Å². The normalized spacial score (nSPS) is 12.9. The largest absolute Gasteiger partial charge is 0.488 e. The third-order valence-electron chi connectivity index (χ3n) is 5.54. The van der Waals surface area contributed by atoms with Gasteiger partial charge < -0.3 is 43.0 Å².